The van der Waals surface area contributed by atoms with E-state index in [-0.39, 0.29) is 23.8 Å². The molecule has 3 aliphatic rings. The number of hydrogen-bond donors (Lipinski definition) is 0. The number of fused-ring (bicyclic) bond motifs is 2. The summed E-state index contributed by atoms with van der Waals surface area (Å²) in [4.78, 5) is 15.3. The molecular formula is C23H24FNO2S. The lowest BCUT2D eigenvalue weighted by molar-refractivity contribution is 0.0571. The molecule has 0 radical (unpaired) electrons. The second kappa shape index (κ2) is 7.43. The Labute approximate surface area is 169 Å². The Bertz CT molecular complexity index is 836. The summed E-state index contributed by atoms with van der Waals surface area (Å²) in [5.41, 5.74) is 1.94. The summed E-state index contributed by atoms with van der Waals surface area (Å²) in [5, 5.41) is 0. The highest BCUT2D eigenvalue weighted by atomic mass is 32.2. The van der Waals surface area contributed by atoms with Gasteiger partial charge in [-0.25, -0.2) is 4.39 Å². The molecule has 5 heteroatoms. The van der Waals surface area contributed by atoms with Gasteiger partial charge in [-0.15, -0.1) is 0 Å². The Morgan fingerprint density at radius 1 is 0.964 bits per heavy atom. The molecule has 1 amide bonds. The van der Waals surface area contributed by atoms with Gasteiger partial charge in [0.2, 0.25) is 0 Å². The predicted molar refractivity (Wildman–Crippen MR) is 110 cm³/mol. The van der Waals surface area contributed by atoms with Crippen LogP contribution in [0.2, 0.25) is 0 Å². The van der Waals surface area contributed by atoms with Crippen molar-refractivity contribution >= 4 is 17.7 Å². The third kappa shape index (κ3) is 3.41. The summed E-state index contributed by atoms with van der Waals surface area (Å²) < 4.78 is 19.1. The lowest BCUT2D eigenvalue weighted by Gasteiger charge is -2.39. The zero-order chi connectivity index (χ0) is 19.1. The number of carbonyl (C=O) groups is 1. The molecule has 0 N–H and O–H groups in total. The fourth-order valence-corrected chi connectivity index (χ4v) is 5.38. The Balaban J connectivity index is 1.27. The molecule has 3 aliphatic heterocycles. The van der Waals surface area contributed by atoms with Gasteiger partial charge in [-0.3, -0.25) is 4.79 Å². The van der Waals surface area contributed by atoms with Gasteiger partial charge in [-0.05, 0) is 73.6 Å². The number of carbonyl (C=O) groups excluding carboxylic acids is 1. The molecule has 2 atom stereocenters. The van der Waals surface area contributed by atoms with E-state index in [1.54, 1.807) is 12.1 Å². The lowest BCUT2D eigenvalue weighted by atomic mass is 9.85. The molecule has 3 saturated heterocycles. The molecule has 0 spiro atoms. The van der Waals surface area contributed by atoms with Crippen molar-refractivity contribution in [2.45, 2.75) is 49.8 Å². The van der Waals surface area contributed by atoms with E-state index >= 15 is 0 Å². The van der Waals surface area contributed by atoms with Crippen molar-refractivity contribution in [2.75, 3.05) is 11.5 Å². The zero-order valence-corrected chi connectivity index (χ0v) is 16.5. The standard InChI is InChI=1S/C23H24FNO2S/c24-18-5-1-15(2-6-18)17-11-19-7-8-20(12-17)25(19)23(26)16-3-9-21(10-4-16)27-22-13-28-14-22/h1-6,9-10,17,19-20,22H,7-8,11-14H2/t19-,20-/m0/s1. The molecule has 2 aromatic rings. The van der Waals surface area contributed by atoms with Gasteiger partial charge in [0.05, 0.1) is 0 Å². The number of hydrogen-bond acceptors (Lipinski definition) is 3. The molecule has 0 aromatic heterocycles. The molecule has 0 aliphatic carbocycles. The van der Waals surface area contributed by atoms with Crippen LogP contribution >= 0.6 is 11.8 Å². The smallest absolute Gasteiger partial charge is 0.254 e. The van der Waals surface area contributed by atoms with Crippen LogP contribution in [0.4, 0.5) is 4.39 Å². The number of nitrogens with zero attached hydrogens (tertiary/aromatic N) is 1. The van der Waals surface area contributed by atoms with Gasteiger partial charge in [-0.1, -0.05) is 12.1 Å². The minimum atomic E-state index is -0.192. The lowest BCUT2D eigenvalue weighted by Crippen LogP contribution is -2.46. The van der Waals surface area contributed by atoms with E-state index in [1.165, 1.54) is 5.56 Å². The Morgan fingerprint density at radius 3 is 2.18 bits per heavy atom. The second-order valence-electron chi connectivity index (χ2n) is 8.12. The summed E-state index contributed by atoms with van der Waals surface area (Å²) in [6, 6.07) is 15.1. The number of halogens is 1. The maximum atomic E-state index is 13.2. The van der Waals surface area contributed by atoms with Crippen LogP contribution in [0.25, 0.3) is 0 Å². The first kappa shape index (κ1) is 18.0. The number of benzene rings is 2. The number of thioether (sulfide) groups is 1. The second-order valence-corrected chi connectivity index (χ2v) is 9.19. The molecule has 3 nitrogen and oxygen atoms in total. The maximum Gasteiger partial charge on any atom is 0.254 e. The average Bonchev–Trinajstić information content (AvgIpc) is 2.94. The van der Waals surface area contributed by atoms with Gasteiger partial charge in [0.15, 0.2) is 0 Å². The van der Waals surface area contributed by atoms with E-state index < -0.39 is 0 Å². The summed E-state index contributed by atoms with van der Waals surface area (Å²) in [7, 11) is 0. The molecule has 146 valence electrons. The monoisotopic (exact) mass is 397 g/mol. The number of piperidine rings is 1. The summed E-state index contributed by atoms with van der Waals surface area (Å²) in [5.74, 6) is 3.30. The van der Waals surface area contributed by atoms with Gasteiger partial charge < -0.3 is 9.64 Å². The van der Waals surface area contributed by atoms with Crippen LogP contribution in [-0.4, -0.2) is 40.5 Å². The van der Waals surface area contributed by atoms with Crippen LogP contribution in [-0.2, 0) is 0 Å². The number of rotatable bonds is 4. The minimum Gasteiger partial charge on any atom is -0.489 e. The van der Waals surface area contributed by atoms with Crippen LogP contribution in [0.5, 0.6) is 5.75 Å². The molecule has 5 rings (SSSR count). The highest BCUT2D eigenvalue weighted by Gasteiger charge is 2.43. The molecule has 2 aromatic carbocycles. The van der Waals surface area contributed by atoms with Crippen molar-refractivity contribution in [3.05, 3.63) is 65.5 Å². The highest BCUT2D eigenvalue weighted by molar-refractivity contribution is 8.00. The van der Waals surface area contributed by atoms with E-state index in [9.17, 15) is 9.18 Å². The molecule has 2 bridgehead atoms. The van der Waals surface area contributed by atoms with Crippen LogP contribution in [0.15, 0.2) is 48.5 Å². The molecule has 0 saturated carbocycles. The first-order chi connectivity index (χ1) is 13.7. The van der Waals surface area contributed by atoms with Gasteiger partial charge in [0.25, 0.3) is 5.91 Å². The fourth-order valence-electron chi connectivity index (χ4n) is 4.82. The number of amides is 1. The Morgan fingerprint density at radius 2 is 1.61 bits per heavy atom. The Kier molecular flexibility index (Phi) is 4.79. The van der Waals surface area contributed by atoms with E-state index in [1.807, 2.05) is 48.2 Å². The molecular weight excluding hydrogens is 373 g/mol. The molecule has 0 unspecified atom stereocenters. The predicted octanol–water partition coefficient (Wildman–Crippen LogP) is 4.87. The number of ether oxygens (including phenoxy) is 1. The average molecular weight is 398 g/mol. The van der Waals surface area contributed by atoms with E-state index in [0.29, 0.717) is 12.0 Å². The van der Waals surface area contributed by atoms with E-state index in [4.69, 9.17) is 4.74 Å². The van der Waals surface area contributed by atoms with Crippen molar-refractivity contribution in [1.29, 1.82) is 0 Å². The van der Waals surface area contributed by atoms with Crippen LogP contribution in [0.3, 0.4) is 0 Å². The first-order valence-electron chi connectivity index (χ1n) is 10.1. The molecule has 28 heavy (non-hydrogen) atoms. The molecule has 3 heterocycles. The van der Waals surface area contributed by atoms with Crippen LogP contribution in [0, 0.1) is 5.82 Å². The van der Waals surface area contributed by atoms with Gasteiger partial charge in [0.1, 0.15) is 17.7 Å². The van der Waals surface area contributed by atoms with Crippen LogP contribution in [0.1, 0.15) is 47.5 Å². The van der Waals surface area contributed by atoms with E-state index in [2.05, 4.69) is 4.90 Å². The van der Waals surface area contributed by atoms with Gasteiger partial charge in [0, 0.05) is 29.2 Å². The quantitative estimate of drug-likeness (QED) is 0.737. The maximum absolute atomic E-state index is 13.2. The minimum absolute atomic E-state index is 0.135. The fraction of sp³-hybridized carbons (Fsp3) is 0.435. The largest absolute Gasteiger partial charge is 0.489 e. The van der Waals surface area contributed by atoms with Crippen molar-refractivity contribution in [2.24, 2.45) is 0 Å². The van der Waals surface area contributed by atoms with E-state index in [0.717, 1.165) is 48.5 Å². The summed E-state index contributed by atoms with van der Waals surface area (Å²) in [6.07, 6.45) is 4.37. The zero-order valence-electron chi connectivity index (χ0n) is 15.7. The van der Waals surface area contributed by atoms with Gasteiger partial charge >= 0.3 is 0 Å². The Hall–Kier alpha value is -2.01. The topological polar surface area (TPSA) is 29.5 Å². The third-order valence-electron chi connectivity index (χ3n) is 6.32. The highest BCUT2D eigenvalue weighted by Crippen LogP contribution is 2.43. The third-order valence-corrected chi connectivity index (χ3v) is 7.54. The first-order valence-corrected chi connectivity index (χ1v) is 11.3. The summed E-state index contributed by atoms with van der Waals surface area (Å²) >= 11 is 1.89. The van der Waals surface area contributed by atoms with Crippen molar-refractivity contribution in [1.82, 2.24) is 4.90 Å². The van der Waals surface area contributed by atoms with Crippen molar-refractivity contribution in [3.8, 4) is 5.75 Å². The summed E-state index contributed by atoms with van der Waals surface area (Å²) in [6.45, 7) is 0. The van der Waals surface area contributed by atoms with Crippen LogP contribution < -0.4 is 4.74 Å². The van der Waals surface area contributed by atoms with Crippen molar-refractivity contribution < 1.29 is 13.9 Å². The normalized spacial score (nSPS) is 26.8. The SMILES string of the molecule is O=C(c1ccc(OC2CSC2)cc1)N1[C@H]2CC[C@H]1CC(c1ccc(F)cc1)C2. The molecule has 3 fully saturated rings. The van der Waals surface area contributed by atoms with Gasteiger partial charge in [-0.2, -0.15) is 11.8 Å². The van der Waals surface area contributed by atoms with Crippen molar-refractivity contribution in [3.63, 3.8) is 0 Å².